The molecule has 8 nitrogen and oxygen atoms in total. The number of amides is 2. The number of hydrogen-bond acceptors (Lipinski definition) is 5. The molecular formula is C18H21N5O3. The van der Waals surface area contributed by atoms with E-state index in [0.29, 0.717) is 30.9 Å². The van der Waals surface area contributed by atoms with Gasteiger partial charge < -0.3 is 16.0 Å². The number of carbonyl (C=O) groups is 3. The predicted molar refractivity (Wildman–Crippen MR) is 95.7 cm³/mol. The minimum Gasteiger partial charge on any atom is -0.383 e. The van der Waals surface area contributed by atoms with E-state index in [0.717, 1.165) is 5.69 Å². The third-order valence-corrected chi connectivity index (χ3v) is 4.47. The summed E-state index contributed by atoms with van der Waals surface area (Å²) in [7, 11) is 0. The number of likely N-dealkylation sites (tertiary alicyclic amines) is 1. The Morgan fingerprint density at radius 1 is 1.27 bits per heavy atom. The van der Waals surface area contributed by atoms with Gasteiger partial charge in [0.15, 0.2) is 5.78 Å². The van der Waals surface area contributed by atoms with Gasteiger partial charge in [0.2, 0.25) is 11.8 Å². The summed E-state index contributed by atoms with van der Waals surface area (Å²) in [6.45, 7) is 2.12. The lowest BCUT2D eigenvalue weighted by Crippen LogP contribution is -2.38. The van der Waals surface area contributed by atoms with E-state index >= 15 is 0 Å². The molecule has 136 valence electrons. The number of anilines is 1. The van der Waals surface area contributed by atoms with Gasteiger partial charge in [0.25, 0.3) is 0 Å². The summed E-state index contributed by atoms with van der Waals surface area (Å²) in [6.07, 6.45) is 2.05. The molecule has 1 unspecified atom stereocenters. The molecule has 1 atom stereocenters. The second kappa shape index (κ2) is 7.38. The van der Waals surface area contributed by atoms with Crippen molar-refractivity contribution < 1.29 is 14.4 Å². The van der Waals surface area contributed by atoms with Crippen LogP contribution in [0.15, 0.2) is 36.5 Å². The van der Waals surface area contributed by atoms with Crippen molar-refractivity contribution in [2.24, 2.45) is 5.92 Å². The van der Waals surface area contributed by atoms with Gasteiger partial charge in [-0.1, -0.05) is 18.2 Å². The normalized spacial score (nSPS) is 16.5. The average molecular weight is 355 g/mol. The Labute approximate surface area is 151 Å². The number of nitrogens with zero attached hydrogens (tertiary/aromatic N) is 3. The van der Waals surface area contributed by atoms with Gasteiger partial charge in [-0.2, -0.15) is 5.10 Å². The Morgan fingerprint density at radius 2 is 2.00 bits per heavy atom. The number of ketones is 1. The van der Waals surface area contributed by atoms with Crippen LogP contribution in [0.5, 0.6) is 0 Å². The van der Waals surface area contributed by atoms with E-state index in [2.05, 4.69) is 10.4 Å². The fourth-order valence-corrected chi connectivity index (χ4v) is 3.06. The standard InChI is InChI=1S/C18H21N5O3/c1-12(24)20-10-16(25)22-8-7-13(11-22)17(26)15-9-21-23(18(15)19)14-5-3-2-4-6-14/h2-6,9,13H,7-8,10-11,19H2,1H3,(H,20,24). The van der Waals surface area contributed by atoms with Gasteiger partial charge in [-0.3, -0.25) is 14.4 Å². The summed E-state index contributed by atoms with van der Waals surface area (Å²) in [5, 5.41) is 6.70. The van der Waals surface area contributed by atoms with Crippen LogP contribution in [0.4, 0.5) is 5.82 Å². The summed E-state index contributed by atoms with van der Waals surface area (Å²) in [6, 6.07) is 9.34. The van der Waals surface area contributed by atoms with Crippen LogP contribution in [-0.4, -0.2) is 51.9 Å². The molecule has 2 heterocycles. The van der Waals surface area contributed by atoms with Gasteiger partial charge in [-0.15, -0.1) is 0 Å². The van der Waals surface area contributed by atoms with Crippen LogP contribution >= 0.6 is 0 Å². The Hall–Kier alpha value is -3.16. The summed E-state index contributed by atoms with van der Waals surface area (Å²) in [4.78, 5) is 37.4. The van der Waals surface area contributed by atoms with Crippen LogP contribution in [0.1, 0.15) is 23.7 Å². The van der Waals surface area contributed by atoms with Crippen molar-refractivity contribution in [1.82, 2.24) is 20.0 Å². The molecule has 26 heavy (non-hydrogen) atoms. The zero-order valence-corrected chi connectivity index (χ0v) is 14.5. The first-order valence-corrected chi connectivity index (χ1v) is 8.42. The maximum Gasteiger partial charge on any atom is 0.241 e. The Bertz CT molecular complexity index is 831. The number of benzene rings is 1. The highest BCUT2D eigenvalue weighted by Crippen LogP contribution is 2.25. The largest absolute Gasteiger partial charge is 0.383 e. The summed E-state index contributed by atoms with van der Waals surface area (Å²) >= 11 is 0. The fourth-order valence-electron chi connectivity index (χ4n) is 3.06. The molecule has 8 heteroatoms. The topological polar surface area (TPSA) is 110 Å². The van der Waals surface area contributed by atoms with Crippen molar-refractivity contribution in [3.63, 3.8) is 0 Å². The summed E-state index contributed by atoms with van der Waals surface area (Å²) in [5.74, 6) is -0.578. The molecular weight excluding hydrogens is 334 g/mol. The van der Waals surface area contributed by atoms with Gasteiger partial charge in [-0.05, 0) is 18.6 Å². The van der Waals surface area contributed by atoms with Crippen LogP contribution in [0.3, 0.4) is 0 Å². The molecule has 1 aliphatic rings. The fraction of sp³-hybridized carbons (Fsp3) is 0.333. The Balaban J connectivity index is 1.68. The Morgan fingerprint density at radius 3 is 2.69 bits per heavy atom. The highest BCUT2D eigenvalue weighted by molar-refractivity contribution is 6.02. The van der Waals surface area contributed by atoms with E-state index < -0.39 is 0 Å². The van der Waals surface area contributed by atoms with Gasteiger partial charge in [0.1, 0.15) is 5.82 Å². The van der Waals surface area contributed by atoms with E-state index in [9.17, 15) is 14.4 Å². The molecule has 0 bridgehead atoms. The SMILES string of the molecule is CC(=O)NCC(=O)N1CCC(C(=O)c2cnn(-c3ccccc3)c2N)C1. The molecule has 1 aromatic heterocycles. The third-order valence-electron chi connectivity index (χ3n) is 4.47. The second-order valence-electron chi connectivity index (χ2n) is 6.29. The monoisotopic (exact) mass is 355 g/mol. The van der Waals surface area contributed by atoms with E-state index in [1.807, 2.05) is 30.3 Å². The number of para-hydroxylation sites is 1. The lowest BCUT2D eigenvalue weighted by Gasteiger charge is -2.16. The molecule has 0 spiro atoms. The maximum atomic E-state index is 12.8. The number of Topliss-reactive ketones (excluding diaryl/α,β-unsaturated/α-hetero) is 1. The molecule has 2 aromatic rings. The quantitative estimate of drug-likeness (QED) is 0.764. The third kappa shape index (κ3) is 3.58. The number of nitrogens with one attached hydrogen (secondary N) is 1. The van der Waals surface area contributed by atoms with Crippen LogP contribution in [-0.2, 0) is 9.59 Å². The van der Waals surface area contributed by atoms with Crippen molar-refractivity contribution in [1.29, 1.82) is 0 Å². The first kappa shape index (κ1) is 17.7. The van der Waals surface area contributed by atoms with Crippen LogP contribution in [0.25, 0.3) is 5.69 Å². The summed E-state index contributed by atoms with van der Waals surface area (Å²) < 4.78 is 1.53. The molecule has 2 amide bonds. The zero-order valence-electron chi connectivity index (χ0n) is 14.5. The number of nitrogen functional groups attached to an aromatic ring is 1. The second-order valence-corrected chi connectivity index (χ2v) is 6.29. The zero-order chi connectivity index (χ0) is 18.7. The molecule has 0 aliphatic carbocycles. The maximum absolute atomic E-state index is 12.8. The van der Waals surface area contributed by atoms with Gasteiger partial charge in [-0.25, -0.2) is 4.68 Å². The smallest absolute Gasteiger partial charge is 0.241 e. The molecule has 1 aliphatic heterocycles. The van der Waals surface area contributed by atoms with Crippen molar-refractivity contribution in [2.45, 2.75) is 13.3 Å². The molecule has 1 saturated heterocycles. The van der Waals surface area contributed by atoms with Crippen molar-refractivity contribution in [3.8, 4) is 5.69 Å². The van der Waals surface area contributed by atoms with Gasteiger partial charge in [0, 0.05) is 25.9 Å². The number of rotatable bonds is 5. The molecule has 1 aromatic carbocycles. The minimum absolute atomic E-state index is 0.0513. The first-order valence-electron chi connectivity index (χ1n) is 8.42. The average Bonchev–Trinajstić information content (AvgIpc) is 3.27. The number of carbonyl (C=O) groups excluding carboxylic acids is 3. The van der Waals surface area contributed by atoms with E-state index in [1.54, 1.807) is 4.90 Å². The molecule has 1 fully saturated rings. The van der Waals surface area contributed by atoms with Crippen LogP contribution in [0.2, 0.25) is 0 Å². The van der Waals surface area contributed by atoms with E-state index in [4.69, 9.17) is 5.73 Å². The lowest BCUT2D eigenvalue weighted by molar-refractivity contribution is -0.131. The van der Waals surface area contributed by atoms with Crippen LogP contribution in [0, 0.1) is 5.92 Å². The summed E-state index contributed by atoms with van der Waals surface area (Å²) in [5.41, 5.74) is 7.28. The highest BCUT2D eigenvalue weighted by atomic mass is 16.2. The molecule has 3 N–H and O–H groups in total. The number of nitrogens with two attached hydrogens (primary N) is 1. The molecule has 3 rings (SSSR count). The number of aromatic nitrogens is 2. The van der Waals surface area contributed by atoms with Crippen molar-refractivity contribution in [2.75, 3.05) is 25.4 Å². The predicted octanol–water partition coefficient (Wildman–Crippen LogP) is 0.622. The van der Waals surface area contributed by atoms with Crippen LogP contribution < -0.4 is 11.1 Å². The highest BCUT2D eigenvalue weighted by Gasteiger charge is 2.33. The van der Waals surface area contributed by atoms with Crippen molar-refractivity contribution >= 4 is 23.4 Å². The first-order chi connectivity index (χ1) is 12.5. The Kier molecular flexibility index (Phi) is 5.01. The minimum atomic E-state index is -0.313. The lowest BCUT2D eigenvalue weighted by atomic mass is 9.98. The van der Waals surface area contributed by atoms with E-state index in [-0.39, 0.29) is 30.1 Å². The molecule has 0 saturated carbocycles. The number of hydrogen-bond donors (Lipinski definition) is 2. The molecule has 0 radical (unpaired) electrons. The van der Waals surface area contributed by atoms with Crippen molar-refractivity contribution in [3.05, 3.63) is 42.1 Å². The van der Waals surface area contributed by atoms with E-state index in [1.165, 1.54) is 17.8 Å². The van der Waals surface area contributed by atoms with Gasteiger partial charge in [0.05, 0.1) is 24.0 Å². The van der Waals surface area contributed by atoms with Gasteiger partial charge >= 0.3 is 0 Å².